The molecule has 0 fully saturated rings. The van der Waals surface area contributed by atoms with Crippen molar-refractivity contribution in [2.24, 2.45) is 0 Å². The van der Waals surface area contributed by atoms with Crippen molar-refractivity contribution in [2.45, 2.75) is 13.8 Å². The van der Waals surface area contributed by atoms with Gasteiger partial charge in [0.25, 0.3) is 0 Å². The van der Waals surface area contributed by atoms with Crippen LogP contribution in [0, 0.1) is 6.92 Å². The van der Waals surface area contributed by atoms with E-state index in [-0.39, 0.29) is 11.5 Å². The SMILES string of the molecule is CC(=O)c1ccc(C=C(Oc2ccc(C)cc2)C(=O)O)cc1. The number of rotatable bonds is 5. The van der Waals surface area contributed by atoms with Crippen LogP contribution >= 0.6 is 0 Å². The fraction of sp³-hybridized carbons (Fsp3) is 0.111. The van der Waals surface area contributed by atoms with Crippen molar-refractivity contribution in [3.8, 4) is 5.75 Å². The van der Waals surface area contributed by atoms with Gasteiger partial charge in [0.1, 0.15) is 5.75 Å². The topological polar surface area (TPSA) is 63.6 Å². The van der Waals surface area contributed by atoms with Gasteiger partial charge in [0.15, 0.2) is 5.78 Å². The van der Waals surface area contributed by atoms with Crippen molar-refractivity contribution >= 4 is 17.8 Å². The summed E-state index contributed by atoms with van der Waals surface area (Å²) in [4.78, 5) is 22.5. The molecule has 22 heavy (non-hydrogen) atoms. The lowest BCUT2D eigenvalue weighted by Crippen LogP contribution is -2.07. The molecule has 0 spiro atoms. The zero-order valence-electron chi connectivity index (χ0n) is 12.4. The number of Topliss-reactive ketones (excluding diaryl/α,β-unsaturated/α-hetero) is 1. The largest absolute Gasteiger partial charge is 0.475 e. The molecule has 2 rings (SSSR count). The molecule has 0 aromatic heterocycles. The molecule has 4 heteroatoms. The zero-order valence-corrected chi connectivity index (χ0v) is 12.4. The van der Waals surface area contributed by atoms with Gasteiger partial charge in [0.2, 0.25) is 5.76 Å². The van der Waals surface area contributed by atoms with E-state index in [2.05, 4.69) is 0 Å². The van der Waals surface area contributed by atoms with Crippen molar-refractivity contribution in [2.75, 3.05) is 0 Å². The predicted octanol–water partition coefficient (Wildman–Crippen LogP) is 3.70. The minimum Gasteiger partial charge on any atom is -0.475 e. The third-order valence-electron chi connectivity index (χ3n) is 3.07. The summed E-state index contributed by atoms with van der Waals surface area (Å²) in [5, 5.41) is 9.25. The van der Waals surface area contributed by atoms with Crippen LogP contribution in [0.2, 0.25) is 0 Å². The maximum Gasteiger partial charge on any atom is 0.371 e. The highest BCUT2D eigenvalue weighted by Gasteiger charge is 2.10. The summed E-state index contributed by atoms with van der Waals surface area (Å²) in [5.41, 5.74) is 2.29. The number of hydrogen-bond donors (Lipinski definition) is 1. The summed E-state index contributed by atoms with van der Waals surface area (Å²) in [5.74, 6) is -0.917. The Labute approximate surface area is 128 Å². The number of carbonyl (C=O) groups is 2. The molecule has 0 aliphatic heterocycles. The molecule has 0 saturated carbocycles. The van der Waals surface area contributed by atoms with Gasteiger partial charge in [0, 0.05) is 5.56 Å². The van der Waals surface area contributed by atoms with E-state index in [0.29, 0.717) is 16.9 Å². The van der Waals surface area contributed by atoms with E-state index in [4.69, 9.17) is 4.74 Å². The third kappa shape index (κ3) is 4.06. The van der Waals surface area contributed by atoms with Gasteiger partial charge in [-0.1, -0.05) is 42.0 Å². The zero-order chi connectivity index (χ0) is 16.1. The van der Waals surface area contributed by atoms with Gasteiger partial charge < -0.3 is 9.84 Å². The highest BCUT2D eigenvalue weighted by atomic mass is 16.5. The summed E-state index contributed by atoms with van der Waals surface area (Å²) in [6.45, 7) is 3.42. The average Bonchev–Trinajstić information content (AvgIpc) is 2.49. The summed E-state index contributed by atoms with van der Waals surface area (Å²) in [7, 11) is 0. The Morgan fingerprint density at radius 1 is 1.00 bits per heavy atom. The van der Waals surface area contributed by atoms with Gasteiger partial charge in [-0.15, -0.1) is 0 Å². The number of carboxylic acid groups (broad SMARTS) is 1. The molecule has 0 atom stereocenters. The molecule has 1 N–H and O–H groups in total. The second-order valence-corrected chi connectivity index (χ2v) is 4.91. The van der Waals surface area contributed by atoms with Crippen molar-refractivity contribution in [3.63, 3.8) is 0 Å². The number of carboxylic acids is 1. The Kier molecular flexibility index (Phi) is 4.73. The molecule has 2 aromatic carbocycles. The van der Waals surface area contributed by atoms with Crippen LogP contribution in [0.3, 0.4) is 0 Å². The number of ketones is 1. The van der Waals surface area contributed by atoms with E-state index >= 15 is 0 Å². The van der Waals surface area contributed by atoms with Crippen LogP contribution in [-0.2, 0) is 4.79 Å². The molecular weight excluding hydrogens is 280 g/mol. The first-order valence-electron chi connectivity index (χ1n) is 6.76. The normalized spacial score (nSPS) is 11.1. The minimum absolute atomic E-state index is 0.0371. The number of aliphatic carboxylic acids is 1. The van der Waals surface area contributed by atoms with Crippen LogP contribution in [0.25, 0.3) is 6.08 Å². The molecule has 0 saturated heterocycles. The third-order valence-corrected chi connectivity index (χ3v) is 3.07. The van der Waals surface area contributed by atoms with Crippen molar-refractivity contribution in [1.82, 2.24) is 0 Å². The molecule has 0 bridgehead atoms. The highest BCUT2D eigenvalue weighted by Crippen LogP contribution is 2.17. The lowest BCUT2D eigenvalue weighted by Gasteiger charge is -2.07. The van der Waals surface area contributed by atoms with Crippen molar-refractivity contribution in [1.29, 1.82) is 0 Å². The van der Waals surface area contributed by atoms with Gasteiger partial charge in [-0.2, -0.15) is 0 Å². The van der Waals surface area contributed by atoms with Crippen molar-refractivity contribution in [3.05, 3.63) is 71.0 Å². The van der Waals surface area contributed by atoms with Crippen LogP contribution < -0.4 is 4.74 Å². The molecule has 0 radical (unpaired) electrons. The number of ether oxygens (including phenoxy) is 1. The Morgan fingerprint density at radius 2 is 1.59 bits per heavy atom. The monoisotopic (exact) mass is 296 g/mol. The summed E-state index contributed by atoms with van der Waals surface area (Å²) < 4.78 is 5.41. The summed E-state index contributed by atoms with van der Waals surface area (Å²) >= 11 is 0. The van der Waals surface area contributed by atoms with Gasteiger partial charge >= 0.3 is 5.97 Å². The number of hydrogen-bond acceptors (Lipinski definition) is 3. The minimum atomic E-state index is -1.16. The first-order chi connectivity index (χ1) is 10.5. The van der Waals surface area contributed by atoms with E-state index < -0.39 is 5.97 Å². The lowest BCUT2D eigenvalue weighted by atomic mass is 10.1. The molecule has 112 valence electrons. The van der Waals surface area contributed by atoms with Crippen LogP contribution in [0.4, 0.5) is 0 Å². The van der Waals surface area contributed by atoms with Crippen molar-refractivity contribution < 1.29 is 19.4 Å². The standard InChI is InChI=1S/C18H16O4/c1-12-3-9-16(10-4-12)22-17(18(20)21)11-14-5-7-15(8-6-14)13(2)19/h3-11H,1-2H3,(H,20,21). The van der Waals surface area contributed by atoms with E-state index in [1.165, 1.54) is 13.0 Å². The van der Waals surface area contributed by atoms with Crippen LogP contribution in [0.15, 0.2) is 54.3 Å². The maximum atomic E-state index is 11.3. The number of carbonyl (C=O) groups excluding carboxylic acids is 1. The molecule has 0 heterocycles. The molecule has 4 nitrogen and oxygen atoms in total. The fourth-order valence-electron chi connectivity index (χ4n) is 1.83. The Morgan fingerprint density at radius 3 is 2.09 bits per heavy atom. The smallest absolute Gasteiger partial charge is 0.371 e. The van der Waals surface area contributed by atoms with E-state index in [1.54, 1.807) is 36.4 Å². The van der Waals surface area contributed by atoms with E-state index in [1.807, 2.05) is 19.1 Å². The molecule has 0 aliphatic rings. The Bertz CT molecular complexity index is 710. The van der Waals surface area contributed by atoms with E-state index in [9.17, 15) is 14.7 Å². The van der Waals surface area contributed by atoms with Crippen LogP contribution in [0.1, 0.15) is 28.4 Å². The van der Waals surface area contributed by atoms with E-state index in [0.717, 1.165) is 5.56 Å². The Hall–Kier alpha value is -2.88. The Balaban J connectivity index is 2.25. The molecule has 0 unspecified atom stereocenters. The first kappa shape index (κ1) is 15.5. The fourth-order valence-corrected chi connectivity index (χ4v) is 1.83. The molecular formula is C18H16O4. The summed E-state index contributed by atoms with van der Waals surface area (Å²) in [6, 6.07) is 13.8. The van der Waals surface area contributed by atoms with Gasteiger partial charge in [0.05, 0.1) is 0 Å². The number of aryl methyl sites for hydroxylation is 1. The second kappa shape index (κ2) is 6.72. The number of benzene rings is 2. The molecule has 0 aliphatic carbocycles. The van der Waals surface area contributed by atoms with Gasteiger partial charge in [-0.3, -0.25) is 4.79 Å². The lowest BCUT2D eigenvalue weighted by molar-refractivity contribution is -0.134. The highest BCUT2D eigenvalue weighted by molar-refractivity contribution is 5.94. The predicted molar refractivity (Wildman–Crippen MR) is 83.9 cm³/mol. The van der Waals surface area contributed by atoms with Gasteiger partial charge in [-0.05, 0) is 37.6 Å². The molecule has 0 amide bonds. The first-order valence-corrected chi connectivity index (χ1v) is 6.76. The maximum absolute atomic E-state index is 11.3. The molecule has 2 aromatic rings. The van der Waals surface area contributed by atoms with Crippen LogP contribution in [0.5, 0.6) is 5.75 Å². The van der Waals surface area contributed by atoms with Gasteiger partial charge in [-0.25, -0.2) is 4.79 Å². The second-order valence-electron chi connectivity index (χ2n) is 4.91. The quantitative estimate of drug-likeness (QED) is 0.519. The van der Waals surface area contributed by atoms with Crippen LogP contribution in [-0.4, -0.2) is 16.9 Å². The summed E-state index contributed by atoms with van der Waals surface area (Å²) in [6.07, 6.45) is 1.42. The average molecular weight is 296 g/mol.